The fraction of sp³-hybridized carbons (Fsp3) is 0.737. The summed E-state index contributed by atoms with van der Waals surface area (Å²) in [4.78, 5) is 23.4. The van der Waals surface area contributed by atoms with Crippen LogP contribution in [0.3, 0.4) is 0 Å². The Kier molecular flexibility index (Phi) is 5.36. The van der Waals surface area contributed by atoms with E-state index >= 15 is 0 Å². The van der Waals surface area contributed by atoms with Crippen molar-refractivity contribution in [3.05, 3.63) is 17.6 Å². The Morgan fingerprint density at radius 1 is 1.22 bits per heavy atom. The quantitative estimate of drug-likeness (QED) is 0.794. The number of rotatable bonds is 3. The second-order valence-corrected chi connectivity index (χ2v) is 8.06. The SMILES string of the molecule is CCN1C[C@]2(CCCN(c3cc(C(C)C)nc(C(F)(F)F)n3)C2)CCC1=O. The highest BCUT2D eigenvalue weighted by Gasteiger charge is 2.42. The van der Waals surface area contributed by atoms with Gasteiger partial charge in [0.1, 0.15) is 5.82 Å². The zero-order chi connectivity index (χ0) is 19.8. The van der Waals surface area contributed by atoms with Crippen LogP contribution in [0.4, 0.5) is 19.0 Å². The summed E-state index contributed by atoms with van der Waals surface area (Å²) in [5.74, 6) is -0.671. The van der Waals surface area contributed by atoms with E-state index in [0.717, 1.165) is 19.3 Å². The van der Waals surface area contributed by atoms with Crippen LogP contribution in [-0.2, 0) is 11.0 Å². The van der Waals surface area contributed by atoms with Crippen LogP contribution in [0.5, 0.6) is 0 Å². The standard InChI is InChI=1S/C19H27F3N4O/c1-4-25-11-18(8-6-16(25)27)7-5-9-26(12-18)15-10-14(13(2)3)23-17(24-15)19(20,21)22/h10,13H,4-9,11-12H2,1-3H3/t18-/m0/s1. The summed E-state index contributed by atoms with van der Waals surface area (Å²) >= 11 is 0. The number of anilines is 1. The topological polar surface area (TPSA) is 49.3 Å². The first kappa shape index (κ1) is 19.9. The maximum atomic E-state index is 13.3. The third-order valence-electron chi connectivity index (χ3n) is 5.69. The van der Waals surface area contributed by atoms with Crippen molar-refractivity contribution in [2.45, 2.75) is 58.5 Å². The average Bonchev–Trinajstić information content (AvgIpc) is 2.63. The second-order valence-electron chi connectivity index (χ2n) is 8.06. The summed E-state index contributed by atoms with van der Waals surface area (Å²) < 4.78 is 39.8. The number of nitrogens with zero attached hydrogens (tertiary/aromatic N) is 4. The van der Waals surface area contributed by atoms with Gasteiger partial charge in [0.15, 0.2) is 0 Å². The van der Waals surface area contributed by atoms with Gasteiger partial charge in [-0.1, -0.05) is 13.8 Å². The highest BCUT2D eigenvalue weighted by Crippen LogP contribution is 2.40. The number of amides is 1. The molecule has 0 saturated carbocycles. The fourth-order valence-corrected chi connectivity index (χ4v) is 4.16. The molecular formula is C19H27F3N4O. The lowest BCUT2D eigenvalue weighted by Crippen LogP contribution is -2.54. The Morgan fingerprint density at radius 3 is 2.59 bits per heavy atom. The minimum Gasteiger partial charge on any atom is -0.356 e. The summed E-state index contributed by atoms with van der Waals surface area (Å²) in [6.07, 6.45) is -1.40. The molecular weight excluding hydrogens is 357 g/mol. The van der Waals surface area contributed by atoms with E-state index in [-0.39, 0.29) is 17.2 Å². The molecule has 3 rings (SSSR count). The molecule has 0 N–H and O–H groups in total. The van der Waals surface area contributed by atoms with Crippen molar-refractivity contribution in [1.82, 2.24) is 14.9 Å². The number of aromatic nitrogens is 2. The minimum absolute atomic E-state index is 0.0660. The molecule has 1 aromatic rings. The Bertz CT molecular complexity index is 707. The molecule has 0 unspecified atom stereocenters. The molecule has 1 amide bonds. The Hall–Kier alpha value is -1.86. The highest BCUT2D eigenvalue weighted by atomic mass is 19.4. The molecule has 1 spiro atoms. The number of carbonyl (C=O) groups is 1. The van der Waals surface area contributed by atoms with Crippen LogP contribution in [0.2, 0.25) is 0 Å². The van der Waals surface area contributed by atoms with Crippen molar-refractivity contribution >= 4 is 11.7 Å². The van der Waals surface area contributed by atoms with E-state index in [9.17, 15) is 18.0 Å². The molecule has 0 aromatic carbocycles. The lowest BCUT2D eigenvalue weighted by Gasteiger charge is -2.48. The largest absolute Gasteiger partial charge is 0.451 e. The number of carbonyl (C=O) groups excluding carboxylic acids is 1. The van der Waals surface area contributed by atoms with Gasteiger partial charge in [-0.25, -0.2) is 9.97 Å². The number of hydrogen-bond donors (Lipinski definition) is 0. The van der Waals surface area contributed by atoms with E-state index in [2.05, 4.69) is 9.97 Å². The molecule has 0 bridgehead atoms. The van der Waals surface area contributed by atoms with E-state index in [1.165, 1.54) is 0 Å². The van der Waals surface area contributed by atoms with E-state index in [4.69, 9.17) is 0 Å². The summed E-state index contributed by atoms with van der Waals surface area (Å²) in [5, 5.41) is 0. The number of hydrogen-bond acceptors (Lipinski definition) is 4. The van der Waals surface area contributed by atoms with Gasteiger partial charge in [0.05, 0.1) is 0 Å². The predicted molar refractivity (Wildman–Crippen MR) is 96.5 cm³/mol. The first-order chi connectivity index (χ1) is 12.6. The minimum atomic E-state index is -4.57. The van der Waals surface area contributed by atoms with Crippen molar-refractivity contribution in [3.63, 3.8) is 0 Å². The van der Waals surface area contributed by atoms with E-state index < -0.39 is 12.0 Å². The molecule has 5 nitrogen and oxygen atoms in total. The van der Waals surface area contributed by atoms with Gasteiger partial charge in [-0.2, -0.15) is 13.2 Å². The zero-order valence-corrected chi connectivity index (χ0v) is 16.1. The molecule has 8 heteroatoms. The molecule has 2 aliphatic heterocycles. The molecule has 1 atom stereocenters. The normalized spacial score (nSPS) is 24.2. The van der Waals surface area contributed by atoms with Gasteiger partial charge in [-0.15, -0.1) is 0 Å². The van der Waals surface area contributed by atoms with Gasteiger partial charge in [0.2, 0.25) is 11.7 Å². The molecule has 0 aliphatic carbocycles. The number of alkyl halides is 3. The van der Waals surface area contributed by atoms with Gasteiger partial charge in [-0.3, -0.25) is 4.79 Å². The molecule has 3 heterocycles. The maximum Gasteiger partial charge on any atom is 0.451 e. The molecule has 2 fully saturated rings. The van der Waals surface area contributed by atoms with Crippen LogP contribution in [0.15, 0.2) is 6.07 Å². The van der Waals surface area contributed by atoms with Crippen molar-refractivity contribution in [3.8, 4) is 0 Å². The fourth-order valence-electron chi connectivity index (χ4n) is 4.16. The average molecular weight is 384 g/mol. The van der Waals surface area contributed by atoms with Crippen molar-refractivity contribution in [2.24, 2.45) is 5.41 Å². The van der Waals surface area contributed by atoms with Gasteiger partial charge < -0.3 is 9.80 Å². The van der Waals surface area contributed by atoms with Crippen molar-refractivity contribution < 1.29 is 18.0 Å². The molecule has 2 saturated heterocycles. The number of halogens is 3. The van der Waals surface area contributed by atoms with Gasteiger partial charge in [0.25, 0.3) is 0 Å². The van der Waals surface area contributed by atoms with Crippen LogP contribution >= 0.6 is 0 Å². The number of likely N-dealkylation sites (tertiary alicyclic amines) is 1. The van der Waals surface area contributed by atoms with Gasteiger partial charge in [0, 0.05) is 49.8 Å². The van der Waals surface area contributed by atoms with E-state index in [0.29, 0.717) is 44.1 Å². The molecule has 0 radical (unpaired) electrons. The monoisotopic (exact) mass is 384 g/mol. The van der Waals surface area contributed by atoms with Crippen LogP contribution in [0, 0.1) is 5.41 Å². The van der Waals surface area contributed by atoms with Crippen LogP contribution in [0.1, 0.15) is 63.9 Å². The summed E-state index contributed by atoms with van der Waals surface area (Å²) in [7, 11) is 0. The lowest BCUT2D eigenvalue weighted by atomic mass is 9.73. The predicted octanol–water partition coefficient (Wildman–Crippen LogP) is 3.85. The number of piperidine rings is 2. The first-order valence-electron chi connectivity index (χ1n) is 9.62. The van der Waals surface area contributed by atoms with Crippen LogP contribution < -0.4 is 4.90 Å². The van der Waals surface area contributed by atoms with Crippen LogP contribution in [0.25, 0.3) is 0 Å². The third kappa shape index (κ3) is 4.19. The molecule has 150 valence electrons. The Morgan fingerprint density at radius 2 is 1.96 bits per heavy atom. The third-order valence-corrected chi connectivity index (χ3v) is 5.69. The molecule has 27 heavy (non-hydrogen) atoms. The van der Waals surface area contributed by atoms with E-state index in [1.807, 2.05) is 30.6 Å². The van der Waals surface area contributed by atoms with Crippen LogP contribution in [-0.4, -0.2) is 47.0 Å². The van der Waals surface area contributed by atoms with E-state index in [1.54, 1.807) is 6.07 Å². The molecule has 1 aromatic heterocycles. The van der Waals surface area contributed by atoms with Gasteiger partial charge in [-0.05, 0) is 32.1 Å². The summed E-state index contributed by atoms with van der Waals surface area (Å²) in [6, 6.07) is 1.69. The Labute approximate surface area is 158 Å². The summed E-state index contributed by atoms with van der Waals surface area (Å²) in [5.41, 5.74) is 0.338. The van der Waals surface area contributed by atoms with Crippen molar-refractivity contribution in [1.29, 1.82) is 0 Å². The molecule has 2 aliphatic rings. The van der Waals surface area contributed by atoms with Gasteiger partial charge >= 0.3 is 6.18 Å². The first-order valence-corrected chi connectivity index (χ1v) is 9.62. The Balaban J connectivity index is 1.90. The zero-order valence-electron chi connectivity index (χ0n) is 16.1. The second kappa shape index (κ2) is 7.28. The van der Waals surface area contributed by atoms with Crippen molar-refractivity contribution in [2.75, 3.05) is 31.1 Å². The summed E-state index contributed by atoms with van der Waals surface area (Å²) in [6.45, 7) is 8.27. The maximum absolute atomic E-state index is 13.3. The highest BCUT2D eigenvalue weighted by molar-refractivity contribution is 5.77. The lowest BCUT2D eigenvalue weighted by molar-refractivity contribution is -0.145. The smallest absolute Gasteiger partial charge is 0.356 e.